The van der Waals surface area contributed by atoms with Crippen LogP contribution in [0.2, 0.25) is 0 Å². The summed E-state index contributed by atoms with van der Waals surface area (Å²) in [6, 6.07) is 8.74. The third kappa shape index (κ3) is 3.44. The van der Waals surface area contributed by atoms with E-state index in [1.807, 2.05) is 0 Å². The van der Waals surface area contributed by atoms with Gasteiger partial charge in [0, 0.05) is 12.3 Å². The Morgan fingerprint density at radius 2 is 1.78 bits per heavy atom. The van der Waals surface area contributed by atoms with Gasteiger partial charge in [0.05, 0.1) is 0 Å². The number of Topliss-reactive ketones (excluding diaryl/α,β-unsaturated/α-hetero) is 1. The molecule has 0 amide bonds. The largest absolute Gasteiger partial charge is 0.299 e. The van der Waals surface area contributed by atoms with Crippen LogP contribution in [0.15, 0.2) is 24.3 Å². The summed E-state index contributed by atoms with van der Waals surface area (Å²) in [4.78, 5) is 12.0. The van der Waals surface area contributed by atoms with Gasteiger partial charge in [-0.05, 0) is 36.3 Å². The first kappa shape index (κ1) is 13.3. The lowest BCUT2D eigenvalue weighted by Crippen LogP contribution is -2.11. The lowest BCUT2D eigenvalue weighted by atomic mass is 9.95. The molecule has 0 spiro atoms. The molecule has 0 bridgehead atoms. The van der Waals surface area contributed by atoms with Gasteiger partial charge < -0.3 is 0 Å². The maximum atomic E-state index is 12.0. The summed E-state index contributed by atoms with van der Waals surface area (Å²) < 4.78 is 0. The molecule has 2 rings (SSSR count). The molecule has 0 N–H and O–H groups in total. The monoisotopic (exact) mass is 244 g/mol. The SMILES string of the molecule is CC(C)c1ccc(CCC(=O)C2CCCC2)cc1. The molecule has 1 aromatic rings. The highest BCUT2D eigenvalue weighted by atomic mass is 16.1. The topological polar surface area (TPSA) is 17.1 Å². The van der Waals surface area contributed by atoms with Crippen molar-refractivity contribution >= 4 is 5.78 Å². The number of hydrogen-bond acceptors (Lipinski definition) is 1. The first-order valence-corrected chi connectivity index (χ1v) is 7.28. The number of ketones is 1. The minimum atomic E-state index is 0.375. The van der Waals surface area contributed by atoms with Crippen LogP contribution in [-0.2, 0) is 11.2 Å². The van der Waals surface area contributed by atoms with Crippen molar-refractivity contribution in [2.75, 3.05) is 0 Å². The van der Waals surface area contributed by atoms with Gasteiger partial charge in [-0.15, -0.1) is 0 Å². The van der Waals surface area contributed by atoms with Crippen LogP contribution in [0.4, 0.5) is 0 Å². The van der Waals surface area contributed by atoms with E-state index in [1.165, 1.54) is 24.0 Å². The molecule has 98 valence electrons. The minimum absolute atomic E-state index is 0.375. The number of carbonyl (C=O) groups excluding carboxylic acids is 1. The lowest BCUT2D eigenvalue weighted by molar-refractivity contribution is -0.122. The third-order valence-corrected chi connectivity index (χ3v) is 4.12. The van der Waals surface area contributed by atoms with Gasteiger partial charge in [0.1, 0.15) is 5.78 Å². The molecule has 0 aromatic heterocycles. The Balaban J connectivity index is 1.84. The second kappa shape index (κ2) is 6.17. The highest BCUT2D eigenvalue weighted by Crippen LogP contribution is 2.27. The van der Waals surface area contributed by atoms with E-state index in [4.69, 9.17) is 0 Å². The Labute approximate surface area is 111 Å². The van der Waals surface area contributed by atoms with Crippen LogP contribution < -0.4 is 0 Å². The molecule has 0 saturated heterocycles. The second-order valence-electron chi connectivity index (χ2n) is 5.84. The van der Waals surface area contributed by atoms with Gasteiger partial charge in [-0.25, -0.2) is 0 Å². The zero-order chi connectivity index (χ0) is 13.0. The summed E-state index contributed by atoms with van der Waals surface area (Å²) in [5, 5.41) is 0. The smallest absolute Gasteiger partial charge is 0.136 e. The van der Waals surface area contributed by atoms with Crippen molar-refractivity contribution in [3.63, 3.8) is 0 Å². The van der Waals surface area contributed by atoms with E-state index in [1.54, 1.807) is 0 Å². The van der Waals surface area contributed by atoms with Crippen molar-refractivity contribution in [3.05, 3.63) is 35.4 Å². The molecule has 1 heteroatoms. The van der Waals surface area contributed by atoms with Crippen molar-refractivity contribution in [2.45, 2.75) is 58.3 Å². The van der Waals surface area contributed by atoms with Gasteiger partial charge in [-0.2, -0.15) is 0 Å². The summed E-state index contributed by atoms with van der Waals surface area (Å²) in [6.45, 7) is 4.41. The fourth-order valence-electron chi connectivity index (χ4n) is 2.79. The average molecular weight is 244 g/mol. The van der Waals surface area contributed by atoms with E-state index in [9.17, 15) is 4.79 Å². The van der Waals surface area contributed by atoms with Gasteiger partial charge in [-0.1, -0.05) is 51.0 Å². The molecule has 1 aliphatic carbocycles. The maximum Gasteiger partial charge on any atom is 0.136 e. The quantitative estimate of drug-likeness (QED) is 0.745. The first-order valence-electron chi connectivity index (χ1n) is 7.28. The van der Waals surface area contributed by atoms with Crippen LogP contribution in [0.5, 0.6) is 0 Å². The van der Waals surface area contributed by atoms with E-state index in [2.05, 4.69) is 38.1 Å². The van der Waals surface area contributed by atoms with Crippen LogP contribution in [0, 0.1) is 5.92 Å². The van der Waals surface area contributed by atoms with Crippen molar-refractivity contribution in [2.24, 2.45) is 5.92 Å². The third-order valence-electron chi connectivity index (χ3n) is 4.12. The van der Waals surface area contributed by atoms with Crippen molar-refractivity contribution in [1.82, 2.24) is 0 Å². The molecule has 1 fully saturated rings. The first-order chi connectivity index (χ1) is 8.66. The van der Waals surface area contributed by atoms with Gasteiger partial charge in [0.2, 0.25) is 0 Å². The van der Waals surface area contributed by atoms with E-state index in [-0.39, 0.29) is 0 Å². The molecule has 0 atom stereocenters. The number of hydrogen-bond donors (Lipinski definition) is 0. The van der Waals surface area contributed by atoms with E-state index >= 15 is 0 Å². The molecular weight excluding hydrogens is 220 g/mol. The van der Waals surface area contributed by atoms with E-state index < -0.39 is 0 Å². The molecule has 1 aromatic carbocycles. The zero-order valence-electron chi connectivity index (χ0n) is 11.6. The summed E-state index contributed by atoms with van der Waals surface area (Å²) >= 11 is 0. The highest BCUT2D eigenvalue weighted by Gasteiger charge is 2.21. The second-order valence-corrected chi connectivity index (χ2v) is 5.84. The molecule has 18 heavy (non-hydrogen) atoms. The Morgan fingerprint density at radius 3 is 2.33 bits per heavy atom. The number of benzene rings is 1. The Kier molecular flexibility index (Phi) is 4.57. The maximum absolute atomic E-state index is 12.0. The van der Waals surface area contributed by atoms with Gasteiger partial charge >= 0.3 is 0 Å². The Morgan fingerprint density at radius 1 is 1.17 bits per heavy atom. The van der Waals surface area contributed by atoms with Crippen LogP contribution >= 0.6 is 0 Å². The number of carbonyl (C=O) groups is 1. The van der Waals surface area contributed by atoms with Gasteiger partial charge in [-0.3, -0.25) is 4.79 Å². The molecule has 1 aliphatic rings. The fraction of sp³-hybridized carbons (Fsp3) is 0.588. The predicted molar refractivity (Wildman–Crippen MR) is 75.8 cm³/mol. The molecule has 0 aliphatic heterocycles. The highest BCUT2D eigenvalue weighted by molar-refractivity contribution is 5.81. The van der Waals surface area contributed by atoms with E-state index in [0.29, 0.717) is 17.6 Å². The molecule has 0 heterocycles. The Bertz CT molecular complexity index is 383. The van der Waals surface area contributed by atoms with Crippen molar-refractivity contribution in [1.29, 1.82) is 0 Å². The van der Waals surface area contributed by atoms with Crippen molar-refractivity contribution in [3.8, 4) is 0 Å². The summed E-state index contributed by atoms with van der Waals surface area (Å²) in [5.74, 6) is 1.44. The number of rotatable bonds is 5. The summed E-state index contributed by atoms with van der Waals surface area (Å²) in [6.07, 6.45) is 6.40. The van der Waals surface area contributed by atoms with E-state index in [0.717, 1.165) is 25.7 Å². The summed E-state index contributed by atoms with van der Waals surface area (Å²) in [5.41, 5.74) is 2.67. The average Bonchev–Trinajstić information content (AvgIpc) is 2.90. The Hall–Kier alpha value is -1.11. The summed E-state index contributed by atoms with van der Waals surface area (Å²) in [7, 11) is 0. The fourth-order valence-corrected chi connectivity index (χ4v) is 2.79. The van der Waals surface area contributed by atoms with Crippen LogP contribution in [0.25, 0.3) is 0 Å². The molecule has 1 nitrogen and oxygen atoms in total. The van der Waals surface area contributed by atoms with Gasteiger partial charge in [0.25, 0.3) is 0 Å². The lowest BCUT2D eigenvalue weighted by Gasteiger charge is -2.09. The molecule has 0 radical (unpaired) electrons. The number of aryl methyl sites for hydroxylation is 1. The zero-order valence-corrected chi connectivity index (χ0v) is 11.6. The van der Waals surface area contributed by atoms with Crippen LogP contribution in [0.3, 0.4) is 0 Å². The molecule has 1 saturated carbocycles. The van der Waals surface area contributed by atoms with Crippen LogP contribution in [0.1, 0.15) is 63.0 Å². The normalized spacial score (nSPS) is 16.4. The van der Waals surface area contributed by atoms with Crippen molar-refractivity contribution < 1.29 is 4.79 Å². The van der Waals surface area contributed by atoms with Gasteiger partial charge in [0.15, 0.2) is 0 Å². The van der Waals surface area contributed by atoms with Crippen LogP contribution in [-0.4, -0.2) is 5.78 Å². The molecular formula is C17H24O. The minimum Gasteiger partial charge on any atom is -0.299 e. The standard InChI is InChI=1S/C17H24O/c1-13(2)15-10-7-14(8-11-15)9-12-17(18)16-5-3-4-6-16/h7-8,10-11,13,16H,3-6,9,12H2,1-2H3. The molecule has 0 unspecified atom stereocenters. The predicted octanol–water partition coefficient (Wildman–Crippen LogP) is 4.50.